The second kappa shape index (κ2) is 4.93. The fraction of sp³-hybridized carbons (Fsp3) is 0.619. The summed E-state index contributed by atoms with van der Waals surface area (Å²) >= 11 is 0. The van der Waals surface area contributed by atoms with E-state index in [1.54, 1.807) is 0 Å². The molecular formula is C21H25FO3. The number of rotatable bonds is 0. The van der Waals surface area contributed by atoms with Gasteiger partial charge in [-0.1, -0.05) is 26.0 Å². The Labute approximate surface area is 147 Å². The van der Waals surface area contributed by atoms with Crippen LogP contribution in [0, 0.1) is 28.6 Å². The number of hydrogen-bond donors (Lipinski definition) is 1. The van der Waals surface area contributed by atoms with E-state index in [1.165, 1.54) is 6.08 Å². The molecule has 4 aliphatic carbocycles. The average molecular weight is 344 g/mol. The second-order valence-electron chi connectivity index (χ2n) is 8.83. The Morgan fingerprint density at radius 2 is 1.96 bits per heavy atom. The van der Waals surface area contributed by atoms with E-state index in [-0.39, 0.29) is 35.1 Å². The predicted molar refractivity (Wildman–Crippen MR) is 92.6 cm³/mol. The van der Waals surface area contributed by atoms with Crippen LogP contribution < -0.4 is 0 Å². The summed E-state index contributed by atoms with van der Waals surface area (Å²) in [6.45, 7) is 10.1. The highest BCUT2D eigenvalue weighted by molar-refractivity contribution is 6.05. The number of aliphatic hydroxyl groups is 1. The minimum atomic E-state index is -1.36. The number of hydrogen-bond acceptors (Lipinski definition) is 3. The summed E-state index contributed by atoms with van der Waals surface area (Å²) in [7, 11) is 0. The molecule has 4 aliphatic rings. The van der Waals surface area contributed by atoms with Crippen molar-refractivity contribution >= 4 is 11.6 Å². The molecule has 0 aromatic heterocycles. The Balaban J connectivity index is 1.84. The number of alkyl halides is 1. The lowest BCUT2D eigenvalue weighted by molar-refractivity contribution is -0.134. The van der Waals surface area contributed by atoms with Gasteiger partial charge in [0.25, 0.3) is 0 Å². The summed E-state index contributed by atoms with van der Waals surface area (Å²) in [6, 6.07) is 0. The van der Waals surface area contributed by atoms with Gasteiger partial charge in [-0.3, -0.25) is 9.59 Å². The van der Waals surface area contributed by atoms with Crippen LogP contribution in [0.4, 0.5) is 4.39 Å². The number of ketones is 2. The number of allylic oxidation sites excluding steroid dienone is 4. The fourth-order valence-corrected chi connectivity index (χ4v) is 6.42. The van der Waals surface area contributed by atoms with Gasteiger partial charge < -0.3 is 5.11 Å². The van der Waals surface area contributed by atoms with Gasteiger partial charge in [-0.15, -0.1) is 0 Å². The number of carbonyl (C=O) groups excluding carboxylic acids is 2. The van der Waals surface area contributed by atoms with Crippen molar-refractivity contribution in [3.63, 3.8) is 0 Å². The maximum Gasteiger partial charge on any atom is 0.220 e. The first kappa shape index (κ1) is 16.7. The molecule has 0 bridgehead atoms. The maximum atomic E-state index is 14.3. The molecule has 0 aliphatic heterocycles. The summed E-state index contributed by atoms with van der Waals surface area (Å²) in [4.78, 5) is 24.5. The van der Waals surface area contributed by atoms with Crippen molar-refractivity contribution in [3.8, 4) is 0 Å². The Hall–Kier alpha value is -1.71. The molecule has 6 atom stereocenters. The predicted octanol–water partition coefficient (Wildman–Crippen LogP) is 4.25. The number of halogens is 1. The van der Waals surface area contributed by atoms with E-state index >= 15 is 0 Å². The molecule has 3 nitrogen and oxygen atoms in total. The van der Waals surface area contributed by atoms with Gasteiger partial charge in [0.1, 0.15) is 0 Å². The van der Waals surface area contributed by atoms with Crippen LogP contribution in [0.25, 0.3) is 0 Å². The van der Waals surface area contributed by atoms with Crippen molar-refractivity contribution in [3.05, 3.63) is 35.1 Å². The monoisotopic (exact) mass is 344 g/mol. The Bertz CT molecular complexity index is 776. The molecule has 0 unspecified atom stereocenters. The molecule has 0 heterocycles. The Kier molecular flexibility index (Phi) is 3.30. The van der Waals surface area contributed by atoms with Crippen molar-refractivity contribution in [2.75, 3.05) is 0 Å². The first-order valence-electron chi connectivity index (χ1n) is 9.15. The minimum Gasteiger partial charge on any atom is -0.504 e. The van der Waals surface area contributed by atoms with Gasteiger partial charge in [0, 0.05) is 16.4 Å². The lowest BCUT2D eigenvalue weighted by Crippen LogP contribution is -2.51. The molecule has 1 N–H and O–H groups in total. The zero-order chi connectivity index (χ0) is 18.3. The summed E-state index contributed by atoms with van der Waals surface area (Å²) in [5.74, 6) is -0.413. The lowest BCUT2D eigenvalue weighted by atomic mass is 9.46. The SMILES string of the molecule is C=C1C[C@@H]2[C@H](CC[C@]3(C)C(=O)[C@H](F)C[C@@H]23)[C@@]2(C)C(C)=CC(=O)C(O)=C12. The van der Waals surface area contributed by atoms with E-state index in [9.17, 15) is 19.1 Å². The number of aliphatic hydroxyl groups excluding tert-OH is 1. The molecule has 0 saturated heterocycles. The van der Waals surface area contributed by atoms with Crippen LogP contribution in [-0.4, -0.2) is 22.8 Å². The van der Waals surface area contributed by atoms with Crippen molar-refractivity contribution in [2.45, 2.75) is 52.6 Å². The van der Waals surface area contributed by atoms with Crippen LogP contribution in [-0.2, 0) is 9.59 Å². The smallest absolute Gasteiger partial charge is 0.220 e. The summed E-state index contributed by atoms with van der Waals surface area (Å²) in [5, 5.41) is 10.4. The van der Waals surface area contributed by atoms with Gasteiger partial charge in [-0.25, -0.2) is 4.39 Å². The van der Waals surface area contributed by atoms with Crippen LogP contribution in [0.2, 0.25) is 0 Å². The molecule has 4 rings (SSSR count). The van der Waals surface area contributed by atoms with Crippen molar-refractivity contribution in [2.24, 2.45) is 28.6 Å². The molecule has 0 amide bonds. The number of fused-ring (bicyclic) bond motifs is 5. The maximum absolute atomic E-state index is 14.3. The third-order valence-corrected chi connectivity index (χ3v) is 7.87. The highest BCUT2D eigenvalue weighted by Gasteiger charge is 2.63. The molecule has 0 aromatic rings. The summed E-state index contributed by atoms with van der Waals surface area (Å²) in [6.07, 6.45) is 2.57. The zero-order valence-corrected chi connectivity index (χ0v) is 15.1. The van der Waals surface area contributed by atoms with Crippen molar-refractivity contribution < 1.29 is 19.1 Å². The van der Waals surface area contributed by atoms with E-state index < -0.39 is 17.0 Å². The molecule has 4 heteroatoms. The van der Waals surface area contributed by atoms with Crippen LogP contribution >= 0.6 is 0 Å². The standard InChI is InChI=1S/C21H25FO3/c1-10-7-12-13(5-6-20(3)14(12)9-15(22)19(20)25)21(4)11(2)8-16(23)18(24)17(10)21/h8,12-15,24H,1,5-7,9H2,2-4H3/t12-,13+,14+,15-,20+,21-/m1/s1. The van der Waals surface area contributed by atoms with Gasteiger partial charge in [-0.2, -0.15) is 0 Å². The number of Topliss-reactive ketones (excluding diaryl/α,β-unsaturated/α-hetero) is 1. The minimum absolute atomic E-state index is 0.0106. The molecule has 25 heavy (non-hydrogen) atoms. The van der Waals surface area contributed by atoms with Crippen LogP contribution in [0.5, 0.6) is 0 Å². The summed E-state index contributed by atoms with van der Waals surface area (Å²) < 4.78 is 14.3. The topological polar surface area (TPSA) is 54.4 Å². The molecule has 0 spiro atoms. The van der Waals surface area contributed by atoms with E-state index in [0.29, 0.717) is 24.8 Å². The fourth-order valence-electron chi connectivity index (χ4n) is 6.42. The normalized spacial score (nSPS) is 46.6. The third kappa shape index (κ3) is 1.86. The van der Waals surface area contributed by atoms with Gasteiger partial charge >= 0.3 is 0 Å². The lowest BCUT2D eigenvalue weighted by Gasteiger charge is -2.57. The largest absolute Gasteiger partial charge is 0.504 e. The molecule has 0 aromatic carbocycles. The quantitative estimate of drug-likeness (QED) is 0.714. The van der Waals surface area contributed by atoms with E-state index in [4.69, 9.17) is 0 Å². The van der Waals surface area contributed by atoms with Gasteiger partial charge in [-0.05, 0) is 62.0 Å². The molecular weight excluding hydrogens is 319 g/mol. The van der Waals surface area contributed by atoms with Crippen LogP contribution in [0.3, 0.4) is 0 Å². The molecule has 3 saturated carbocycles. The van der Waals surface area contributed by atoms with Gasteiger partial charge in [0.15, 0.2) is 17.7 Å². The van der Waals surface area contributed by atoms with Crippen molar-refractivity contribution in [1.29, 1.82) is 0 Å². The highest BCUT2D eigenvalue weighted by Crippen LogP contribution is 2.66. The number of carbonyl (C=O) groups is 2. The second-order valence-corrected chi connectivity index (χ2v) is 8.83. The van der Waals surface area contributed by atoms with E-state index in [2.05, 4.69) is 13.5 Å². The third-order valence-electron chi connectivity index (χ3n) is 7.87. The van der Waals surface area contributed by atoms with Gasteiger partial charge in [0.05, 0.1) is 0 Å². The highest BCUT2D eigenvalue weighted by atomic mass is 19.1. The Morgan fingerprint density at radius 3 is 2.64 bits per heavy atom. The molecule has 0 radical (unpaired) electrons. The van der Waals surface area contributed by atoms with Crippen LogP contribution in [0.15, 0.2) is 35.1 Å². The first-order valence-corrected chi connectivity index (χ1v) is 9.15. The average Bonchev–Trinajstić information content (AvgIpc) is 2.77. The Morgan fingerprint density at radius 1 is 1.28 bits per heavy atom. The molecule has 134 valence electrons. The van der Waals surface area contributed by atoms with Crippen molar-refractivity contribution in [1.82, 2.24) is 0 Å². The van der Waals surface area contributed by atoms with Crippen LogP contribution in [0.1, 0.15) is 46.5 Å². The van der Waals surface area contributed by atoms with Gasteiger partial charge in [0.2, 0.25) is 5.78 Å². The first-order chi connectivity index (χ1) is 11.6. The summed E-state index contributed by atoms with van der Waals surface area (Å²) in [5.41, 5.74) is 1.33. The van der Waals surface area contributed by atoms with E-state index in [1.807, 2.05) is 13.8 Å². The molecule has 3 fully saturated rings. The van der Waals surface area contributed by atoms with E-state index in [0.717, 1.165) is 17.6 Å². The zero-order valence-electron chi connectivity index (χ0n) is 15.1.